The van der Waals surface area contributed by atoms with E-state index >= 15 is 0 Å². The fourth-order valence-electron chi connectivity index (χ4n) is 3.11. The Balaban J connectivity index is 1.83. The summed E-state index contributed by atoms with van der Waals surface area (Å²) in [6, 6.07) is 5.61. The van der Waals surface area contributed by atoms with Crippen molar-refractivity contribution in [1.29, 1.82) is 0 Å². The van der Waals surface area contributed by atoms with Gasteiger partial charge in [-0.15, -0.1) is 0 Å². The molecule has 22 heavy (non-hydrogen) atoms. The Morgan fingerprint density at radius 2 is 1.95 bits per heavy atom. The summed E-state index contributed by atoms with van der Waals surface area (Å²) in [5, 5.41) is 12.2. The molecule has 0 unspecified atom stereocenters. The average molecular weight is 366 g/mol. The second-order valence-corrected chi connectivity index (χ2v) is 6.40. The molecule has 0 saturated carbocycles. The van der Waals surface area contributed by atoms with E-state index in [0.717, 1.165) is 16.5 Å². The predicted octanol–water partition coefficient (Wildman–Crippen LogP) is 2.60. The molecule has 0 aliphatic carbocycles. The van der Waals surface area contributed by atoms with E-state index in [1.165, 1.54) is 0 Å². The van der Waals surface area contributed by atoms with Crippen LogP contribution in [0.2, 0.25) is 0 Å². The van der Waals surface area contributed by atoms with Gasteiger partial charge >= 0.3 is 5.97 Å². The van der Waals surface area contributed by atoms with Crippen LogP contribution in [0.3, 0.4) is 0 Å². The number of nitrogens with one attached hydrogen (secondary N) is 1. The Morgan fingerprint density at radius 1 is 1.27 bits per heavy atom. The highest BCUT2D eigenvalue weighted by Gasteiger charge is 2.53. The molecule has 6 heteroatoms. The van der Waals surface area contributed by atoms with Crippen LogP contribution in [-0.2, 0) is 20.7 Å². The van der Waals surface area contributed by atoms with E-state index in [0.29, 0.717) is 5.69 Å². The predicted molar refractivity (Wildman–Crippen MR) is 84.6 cm³/mol. The smallest absolute Gasteiger partial charge is 0.310 e. The molecule has 0 spiro atoms. The Labute approximate surface area is 136 Å². The Kier molecular flexibility index (Phi) is 4.06. The summed E-state index contributed by atoms with van der Waals surface area (Å²) in [4.78, 5) is 24.0. The number of aryl methyl sites for hydroxylation is 1. The van der Waals surface area contributed by atoms with Crippen molar-refractivity contribution >= 4 is 33.5 Å². The Bertz CT molecular complexity index is 658. The van der Waals surface area contributed by atoms with Crippen LogP contribution in [0.15, 0.2) is 34.8 Å². The first-order valence-corrected chi connectivity index (χ1v) is 7.96. The van der Waals surface area contributed by atoms with Crippen LogP contribution in [0.25, 0.3) is 0 Å². The van der Waals surface area contributed by atoms with Gasteiger partial charge in [0.25, 0.3) is 0 Å². The number of amides is 1. The van der Waals surface area contributed by atoms with Crippen molar-refractivity contribution in [2.24, 2.45) is 11.8 Å². The van der Waals surface area contributed by atoms with E-state index in [9.17, 15) is 14.7 Å². The van der Waals surface area contributed by atoms with Gasteiger partial charge in [-0.1, -0.05) is 35.0 Å². The zero-order chi connectivity index (χ0) is 15.9. The van der Waals surface area contributed by atoms with Crippen LogP contribution in [0, 0.1) is 11.8 Å². The van der Waals surface area contributed by atoms with Gasteiger partial charge in [0.2, 0.25) is 5.91 Å². The minimum atomic E-state index is -0.997. The minimum absolute atomic E-state index is 0.304. The zero-order valence-electron chi connectivity index (χ0n) is 12.0. The third-order valence-corrected chi connectivity index (χ3v) is 4.69. The van der Waals surface area contributed by atoms with E-state index < -0.39 is 30.0 Å². The van der Waals surface area contributed by atoms with Crippen molar-refractivity contribution in [2.45, 2.75) is 25.6 Å². The van der Waals surface area contributed by atoms with Gasteiger partial charge in [0.05, 0.1) is 18.1 Å². The third kappa shape index (κ3) is 2.57. The van der Waals surface area contributed by atoms with E-state index in [-0.39, 0.29) is 5.91 Å². The number of carboxylic acids is 1. The summed E-state index contributed by atoms with van der Waals surface area (Å²) < 4.78 is 6.47. The van der Waals surface area contributed by atoms with Crippen molar-refractivity contribution < 1.29 is 19.4 Å². The van der Waals surface area contributed by atoms with Gasteiger partial charge in [-0.2, -0.15) is 0 Å². The lowest BCUT2D eigenvalue weighted by Gasteiger charge is -2.21. The molecule has 3 rings (SSSR count). The number of hydrogen-bond donors (Lipinski definition) is 2. The number of carbonyl (C=O) groups is 2. The summed E-state index contributed by atoms with van der Waals surface area (Å²) in [6.07, 6.45) is 3.31. The van der Waals surface area contributed by atoms with E-state index in [2.05, 4.69) is 21.2 Å². The van der Waals surface area contributed by atoms with Gasteiger partial charge in [0.1, 0.15) is 5.92 Å². The first kappa shape index (κ1) is 15.2. The minimum Gasteiger partial charge on any atom is -0.481 e. The molecule has 2 heterocycles. The number of ether oxygens (including phenoxy) is 1. The molecule has 1 aromatic carbocycles. The van der Waals surface area contributed by atoms with E-state index in [1.807, 2.05) is 25.1 Å². The maximum absolute atomic E-state index is 12.6. The highest BCUT2D eigenvalue weighted by Crippen LogP contribution is 2.40. The van der Waals surface area contributed by atoms with Crippen molar-refractivity contribution in [1.82, 2.24) is 0 Å². The topological polar surface area (TPSA) is 75.6 Å². The Morgan fingerprint density at radius 3 is 2.59 bits per heavy atom. The number of hydrogen-bond acceptors (Lipinski definition) is 3. The SMILES string of the molecule is CCc1cc(Br)ccc1NC(=O)[C@@H]1[C@@H](C(=O)O)[C@H]2C=C[C@@H]1O2. The number of rotatable bonds is 4. The van der Waals surface area contributed by atoms with Crippen molar-refractivity contribution in [2.75, 3.05) is 5.32 Å². The van der Waals surface area contributed by atoms with Gasteiger partial charge in [-0.05, 0) is 30.2 Å². The second-order valence-electron chi connectivity index (χ2n) is 5.48. The van der Waals surface area contributed by atoms with Gasteiger partial charge in [-0.3, -0.25) is 9.59 Å². The van der Waals surface area contributed by atoms with Gasteiger partial charge in [0.15, 0.2) is 0 Å². The summed E-state index contributed by atoms with van der Waals surface area (Å²) >= 11 is 3.41. The molecule has 2 aliphatic heterocycles. The molecule has 2 aliphatic rings. The lowest BCUT2D eigenvalue weighted by atomic mass is 9.82. The molecule has 1 saturated heterocycles. The summed E-state index contributed by atoms with van der Waals surface area (Å²) in [5.41, 5.74) is 1.71. The highest BCUT2D eigenvalue weighted by molar-refractivity contribution is 9.10. The zero-order valence-corrected chi connectivity index (χ0v) is 13.5. The molecule has 1 aromatic rings. The number of halogens is 1. The molecule has 116 valence electrons. The van der Waals surface area contributed by atoms with Crippen LogP contribution in [0.5, 0.6) is 0 Å². The molecule has 5 nitrogen and oxygen atoms in total. The molecule has 2 N–H and O–H groups in total. The lowest BCUT2D eigenvalue weighted by Crippen LogP contribution is -2.39. The second kappa shape index (κ2) is 5.85. The number of carbonyl (C=O) groups excluding carboxylic acids is 1. The number of fused-ring (bicyclic) bond motifs is 2. The molecule has 1 fully saturated rings. The fourth-order valence-corrected chi connectivity index (χ4v) is 3.52. The quantitative estimate of drug-likeness (QED) is 0.804. The van der Waals surface area contributed by atoms with E-state index in [1.54, 1.807) is 12.2 Å². The lowest BCUT2D eigenvalue weighted by molar-refractivity contribution is -0.145. The van der Waals surface area contributed by atoms with Gasteiger partial charge in [0, 0.05) is 10.2 Å². The van der Waals surface area contributed by atoms with Gasteiger partial charge in [-0.25, -0.2) is 0 Å². The number of anilines is 1. The summed E-state index contributed by atoms with van der Waals surface area (Å²) in [5.74, 6) is -2.82. The highest BCUT2D eigenvalue weighted by atomic mass is 79.9. The largest absolute Gasteiger partial charge is 0.481 e. The first-order valence-electron chi connectivity index (χ1n) is 7.17. The first-order chi connectivity index (χ1) is 10.5. The van der Waals surface area contributed by atoms with Crippen molar-refractivity contribution in [3.05, 3.63) is 40.4 Å². The van der Waals surface area contributed by atoms with Crippen LogP contribution in [0.4, 0.5) is 5.69 Å². The van der Waals surface area contributed by atoms with Crippen LogP contribution >= 0.6 is 15.9 Å². The van der Waals surface area contributed by atoms with Crippen LogP contribution < -0.4 is 5.32 Å². The third-order valence-electron chi connectivity index (χ3n) is 4.19. The number of aliphatic carboxylic acids is 1. The normalized spacial score (nSPS) is 28.8. The average Bonchev–Trinajstić information content (AvgIpc) is 3.09. The molecule has 0 radical (unpaired) electrons. The number of benzene rings is 1. The Hall–Kier alpha value is -1.66. The molecule has 2 bridgehead atoms. The van der Waals surface area contributed by atoms with E-state index in [4.69, 9.17) is 4.74 Å². The van der Waals surface area contributed by atoms with Crippen LogP contribution in [0.1, 0.15) is 12.5 Å². The summed E-state index contributed by atoms with van der Waals surface area (Å²) in [6.45, 7) is 2.00. The summed E-state index contributed by atoms with van der Waals surface area (Å²) in [7, 11) is 0. The molecular formula is C16H16BrNO4. The fraction of sp³-hybridized carbons (Fsp3) is 0.375. The molecule has 1 amide bonds. The molecule has 4 atom stereocenters. The number of carboxylic acid groups (broad SMARTS) is 1. The molecular weight excluding hydrogens is 350 g/mol. The van der Waals surface area contributed by atoms with Crippen molar-refractivity contribution in [3.8, 4) is 0 Å². The maximum Gasteiger partial charge on any atom is 0.310 e. The standard InChI is InChI=1S/C16H16BrNO4/c1-2-8-7-9(17)3-4-10(8)18-15(19)13-11-5-6-12(22-11)14(13)16(20)21/h3-7,11-14H,2H2,1H3,(H,18,19)(H,20,21)/t11-,12+,13-,14-/m0/s1. The maximum atomic E-state index is 12.6. The monoisotopic (exact) mass is 365 g/mol. The molecule has 0 aromatic heterocycles. The van der Waals surface area contributed by atoms with Gasteiger partial charge < -0.3 is 15.2 Å². The van der Waals surface area contributed by atoms with Crippen molar-refractivity contribution in [3.63, 3.8) is 0 Å². The van der Waals surface area contributed by atoms with Crippen LogP contribution in [-0.4, -0.2) is 29.2 Å².